The zero-order chi connectivity index (χ0) is 12.5. The van der Waals surface area contributed by atoms with Gasteiger partial charge in [-0.1, -0.05) is 47.5 Å². The normalized spacial score (nSPS) is 11.9. The van der Waals surface area contributed by atoms with Crippen LogP contribution in [-0.2, 0) is 4.79 Å². The number of amides is 1. The fourth-order valence-electron chi connectivity index (χ4n) is 1.36. The fourth-order valence-corrected chi connectivity index (χ4v) is 1.98. The van der Waals surface area contributed by atoms with E-state index in [9.17, 15) is 4.79 Å². The summed E-state index contributed by atoms with van der Waals surface area (Å²) in [7, 11) is 0. The number of benzene rings is 1. The van der Waals surface area contributed by atoms with Gasteiger partial charge in [-0.2, -0.15) is 0 Å². The molecule has 0 radical (unpaired) electrons. The molecule has 1 amide bonds. The summed E-state index contributed by atoms with van der Waals surface area (Å²) in [6.45, 7) is 2.83. The van der Waals surface area contributed by atoms with Gasteiger partial charge in [-0.05, 0) is 18.6 Å². The van der Waals surface area contributed by atoms with Crippen LogP contribution >= 0.6 is 15.9 Å². The SMILES string of the molecule is CCCC(Br)CNC(=O)COc1ccccc1. The van der Waals surface area contributed by atoms with Crippen LogP contribution < -0.4 is 10.1 Å². The van der Waals surface area contributed by atoms with Crippen molar-refractivity contribution < 1.29 is 9.53 Å². The molecule has 0 saturated carbocycles. The van der Waals surface area contributed by atoms with E-state index < -0.39 is 0 Å². The summed E-state index contributed by atoms with van der Waals surface area (Å²) in [4.78, 5) is 11.8. The van der Waals surface area contributed by atoms with Crippen molar-refractivity contribution in [2.24, 2.45) is 0 Å². The van der Waals surface area contributed by atoms with Crippen molar-refractivity contribution in [1.29, 1.82) is 0 Å². The number of rotatable bonds is 7. The van der Waals surface area contributed by atoms with Gasteiger partial charge < -0.3 is 10.1 Å². The maximum Gasteiger partial charge on any atom is 0.257 e. The summed E-state index contributed by atoms with van der Waals surface area (Å²) < 4.78 is 5.33. The van der Waals surface area contributed by atoms with Gasteiger partial charge in [0.15, 0.2) is 6.61 Å². The highest BCUT2D eigenvalue weighted by molar-refractivity contribution is 9.09. The average molecular weight is 300 g/mol. The second kappa shape index (κ2) is 8.12. The molecule has 0 aliphatic rings. The van der Waals surface area contributed by atoms with Crippen LogP contribution in [0.3, 0.4) is 0 Å². The molecule has 4 heteroatoms. The molecule has 94 valence electrons. The number of para-hydroxylation sites is 1. The van der Waals surface area contributed by atoms with Gasteiger partial charge in [0.25, 0.3) is 5.91 Å². The van der Waals surface area contributed by atoms with E-state index in [1.54, 1.807) is 0 Å². The van der Waals surface area contributed by atoms with Crippen LogP contribution in [0.1, 0.15) is 19.8 Å². The predicted molar refractivity (Wildman–Crippen MR) is 72.6 cm³/mol. The summed E-state index contributed by atoms with van der Waals surface area (Å²) >= 11 is 3.51. The molecule has 0 aliphatic heterocycles. The van der Waals surface area contributed by atoms with Crippen LogP contribution in [0, 0.1) is 0 Å². The lowest BCUT2D eigenvalue weighted by Crippen LogP contribution is -2.33. The minimum atomic E-state index is -0.0885. The van der Waals surface area contributed by atoms with Crippen LogP contribution in [-0.4, -0.2) is 23.9 Å². The van der Waals surface area contributed by atoms with Crippen molar-refractivity contribution in [3.05, 3.63) is 30.3 Å². The number of ether oxygens (including phenoxy) is 1. The Kier molecular flexibility index (Phi) is 6.70. The van der Waals surface area contributed by atoms with Crippen LogP contribution in [0.2, 0.25) is 0 Å². The lowest BCUT2D eigenvalue weighted by Gasteiger charge is -2.10. The number of carbonyl (C=O) groups excluding carboxylic acids is 1. The predicted octanol–water partition coefficient (Wildman–Crippen LogP) is 2.75. The van der Waals surface area contributed by atoms with Gasteiger partial charge in [-0.3, -0.25) is 4.79 Å². The first-order chi connectivity index (χ1) is 8.22. The van der Waals surface area contributed by atoms with Crippen LogP contribution in [0.25, 0.3) is 0 Å². The molecule has 0 bridgehead atoms. The van der Waals surface area contributed by atoms with E-state index in [0.717, 1.165) is 12.8 Å². The van der Waals surface area contributed by atoms with Gasteiger partial charge in [0.1, 0.15) is 5.75 Å². The van der Waals surface area contributed by atoms with Gasteiger partial charge in [-0.25, -0.2) is 0 Å². The van der Waals surface area contributed by atoms with Gasteiger partial charge in [0, 0.05) is 11.4 Å². The molecule has 0 aromatic heterocycles. The minimum absolute atomic E-state index is 0.0653. The molecule has 0 spiro atoms. The highest BCUT2D eigenvalue weighted by Crippen LogP contribution is 2.08. The number of alkyl halides is 1. The van der Waals surface area contributed by atoms with E-state index in [2.05, 4.69) is 28.2 Å². The molecule has 3 nitrogen and oxygen atoms in total. The highest BCUT2D eigenvalue weighted by atomic mass is 79.9. The van der Waals surface area contributed by atoms with Crippen molar-refractivity contribution >= 4 is 21.8 Å². The first-order valence-electron chi connectivity index (χ1n) is 5.81. The number of hydrogen-bond donors (Lipinski definition) is 1. The van der Waals surface area contributed by atoms with E-state index in [1.165, 1.54) is 0 Å². The summed E-state index contributed by atoms with van der Waals surface area (Å²) in [5, 5.41) is 2.83. The zero-order valence-electron chi connectivity index (χ0n) is 9.99. The maximum atomic E-state index is 11.5. The quantitative estimate of drug-likeness (QED) is 0.786. The third kappa shape index (κ3) is 6.31. The standard InChI is InChI=1S/C13H18BrNO2/c1-2-6-11(14)9-15-13(16)10-17-12-7-4-3-5-8-12/h3-5,7-8,11H,2,6,9-10H2,1H3,(H,15,16). The molecular formula is C13H18BrNO2. The van der Waals surface area contributed by atoms with Crippen molar-refractivity contribution in [2.75, 3.05) is 13.2 Å². The molecule has 0 fully saturated rings. The zero-order valence-corrected chi connectivity index (χ0v) is 11.6. The number of carbonyl (C=O) groups is 1. The fraction of sp³-hybridized carbons (Fsp3) is 0.462. The van der Waals surface area contributed by atoms with Crippen molar-refractivity contribution in [2.45, 2.75) is 24.6 Å². The second-order valence-corrected chi connectivity index (χ2v) is 5.09. The topological polar surface area (TPSA) is 38.3 Å². The van der Waals surface area contributed by atoms with Gasteiger partial charge in [0.2, 0.25) is 0 Å². The smallest absolute Gasteiger partial charge is 0.257 e. The molecule has 1 aromatic rings. The Labute approximate surface area is 111 Å². The van der Waals surface area contributed by atoms with E-state index in [0.29, 0.717) is 17.1 Å². The average Bonchev–Trinajstić information content (AvgIpc) is 2.35. The Morgan fingerprint density at radius 2 is 2.12 bits per heavy atom. The Bertz CT molecular complexity index is 329. The van der Waals surface area contributed by atoms with E-state index in [-0.39, 0.29) is 12.5 Å². The van der Waals surface area contributed by atoms with Gasteiger partial charge in [-0.15, -0.1) is 0 Å². The maximum absolute atomic E-state index is 11.5. The molecule has 0 saturated heterocycles. The molecule has 17 heavy (non-hydrogen) atoms. The lowest BCUT2D eigenvalue weighted by atomic mass is 10.2. The first-order valence-corrected chi connectivity index (χ1v) is 6.72. The summed E-state index contributed by atoms with van der Waals surface area (Å²) in [5.41, 5.74) is 0. The summed E-state index contributed by atoms with van der Waals surface area (Å²) in [6.07, 6.45) is 2.16. The Morgan fingerprint density at radius 3 is 2.76 bits per heavy atom. The van der Waals surface area contributed by atoms with E-state index in [1.807, 2.05) is 30.3 Å². The number of halogens is 1. The van der Waals surface area contributed by atoms with Crippen molar-refractivity contribution in [1.82, 2.24) is 5.32 Å². The molecular weight excluding hydrogens is 282 g/mol. The van der Waals surface area contributed by atoms with Gasteiger partial charge >= 0.3 is 0 Å². The summed E-state index contributed by atoms with van der Waals surface area (Å²) in [5.74, 6) is 0.626. The first kappa shape index (κ1) is 14.0. The summed E-state index contributed by atoms with van der Waals surface area (Å²) in [6, 6.07) is 9.33. The van der Waals surface area contributed by atoms with E-state index in [4.69, 9.17) is 4.74 Å². The minimum Gasteiger partial charge on any atom is -0.484 e. The lowest BCUT2D eigenvalue weighted by molar-refractivity contribution is -0.123. The Hall–Kier alpha value is -1.03. The third-order valence-electron chi connectivity index (χ3n) is 2.24. The van der Waals surface area contributed by atoms with Crippen molar-refractivity contribution in [3.63, 3.8) is 0 Å². The number of nitrogens with one attached hydrogen (secondary N) is 1. The molecule has 0 aliphatic carbocycles. The number of hydrogen-bond acceptors (Lipinski definition) is 2. The Balaban J connectivity index is 2.17. The third-order valence-corrected chi connectivity index (χ3v) is 3.02. The Morgan fingerprint density at radius 1 is 1.41 bits per heavy atom. The molecule has 1 N–H and O–H groups in total. The van der Waals surface area contributed by atoms with Crippen LogP contribution in [0.5, 0.6) is 5.75 Å². The molecule has 1 atom stereocenters. The van der Waals surface area contributed by atoms with Gasteiger partial charge in [0.05, 0.1) is 0 Å². The molecule has 1 aromatic carbocycles. The molecule has 1 unspecified atom stereocenters. The largest absolute Gasteiger partial charge is 0.484 e. The van der Waals surface area contributed by atoms with Crippen LogP contribution in [0.15, 0.2) is 30.3 Å². The molecule has 1 rings (SSSR count). The van der Waals surface area contributed by atoms with Crippen LogP contribution in [0.4, 0.5) is 0 Å². The second-order valence-electron chi connectivity index (χ2n) is 3.79. The highest BCUT2D eigenvalue weighted by Gasteiger charge is 2.06. The van der Waals surface area contributed by atoms with E-state index >= 15 is 0 Å². The monoisotopic (exact) mass is 299 g/mol. The van der Waals surface area contributed by atoms with Crippen molar-refractivity contribution in [3.8, 4) is 5.75 Å². The molecule has 0 heterocycles.